The van der Waals surface area contributed by atoms with Crippen LogP contribution in [-0.2, 0) is 6.54 Å². The first-order valence-corrected chi connectivity index (χ1v) is 9.47. The molecule has 1 aromatic heterocycles. The van der Waals surface area contributed by atoms with Gasteiger partial charge in [0, 0.05) is 28.7 Å². The van der Waals surface area contributed by atoms with Gasteiger partial charge in [0.15, 0.2) is 0 Å². The fraction of sp³-hybridized carbons (Fsp3) is 0.556. The van der Waals surface area contributed by atoms with E-state index in [9.17, 15) is 0 Å². The number of nitrogens with one attached hydrogen (secondary N) is 1. The fourth-order valence-corrected chi connectivity index (χ4v) is 4.44. The maximum atomic E-state index is 4.35. The van der Waals surface area contributed by atoms with Crippen molar-refractivity contribution >= 4 is 15.9 Å². The summed E-state index contributed by atoms with van der Waals surface area (Å²) in [7, 11) is 0. The first kappa shape index (κ1) is 15.3. The lowest BCUT2D eigenvalue weighted by molar-refractivity contribution is 0.323. The molecule has 4 rings (SSSR count). The summed E-state index contributed by atoms with van der Waals surface area (Å²) in [4.78, 5) is 0. The lowest BCUT2D eigenvalue weighted by Crippen LogP contribution is -2.34. The number of fused-ring (bicyclic) bond motifs is 3. The molecule has 0 spiro atoms. The third-order valence-electron chi connectivity index (χ3n) is 5.22. The van der Waals surface area contributed by atoms with Crippen molar-refractivity contribution in [3.05, 3.63) is 33.9 Å². The molecule has 4 nitrogen and oxygen atoms in total. The van der Waals surface area contributed by atoms with Crippen LogP contribution >= 0.6 is 15.9 Å². The Morgan fingerprint density at radius 2 is 2.00 bits per heavy atom. The normalized spacial score (nSPS) is 21.6. The molecule has 1 atom stereocenters. The molecule has 5 heteroatoms. The van der Waals surface area contributed by atoms with Crippen molar-refractivity contribution in [3.8, 4) is 11.3 Å². The number of benzene rings is 1. The zero-order valence-corrected chi connectivity index (χ0v) is 15.1. The van der Waals surface area contributed by atoms with Crippen LogP contribution in [0.25, 0.3) is 11.3 Å². The number of rotatable bonds is 2. The van der Waals surface area contributed by atoms with Crippen molar-refractivity contribution in [2.24, 2.45) is 0 Å². The zero-order chi connectivity index (χ0) is 15.8. The first-order chi connectivity index (χ1) is 11.2. The van der Waals surface area contributed by atoms with E-state index in [-0.39, 0.29) is 0 Å². The van der Waals surface area contributed by atoms with Gasteiger partial charge in [-0.3, -0.25) is 0 Å². The summed E-state index contributed by atoms with van der Waals surface area (Å²) in [6.45, 7) is 2.98. The molecule has 2 aliphatic rings. The van der Waals surface area contributed by atoms with Crippen molar-refractivity contribution in [2.45, 2.75) is 64.1 Å². The Morgan fingerprint density at radius 1 is 1.17 bits per heavy atom. The largest absolute Gasteiger partial charge is 0.307 e. The molecular weight excluding hydrogens is 352 g/mol. The molecule has 0 radical (unpaired) electrons. The lowest BCUT2D eigenvalue weighted by Gasteiger charge is -2.29. The van der Waals surface area contributed by atoms with Crippen LogP contribution in [0, 0.1) is 6.92 Å². The summed E-state index contributed by atoms with van der Waals surface area (Å²) < 4.78 is 3.22. The molecule has 1 aromatic carbocycles. The standard InChI is InChI=1S/C18H23BrN4/c1-12-18-15-8-7-13(19)11-16(15)17(9-10-23(18)22-21-12)20-14-5-3-2-4-6-14/h7-8,11,14,17,20H,2-6,9-10H2,1H3. The fourth-order valence-electron chi connectivity index (χ4n) is 4.06. The summed E-state index contributed by atoms with van der Waals surface area (Å²) in [6, 6.07) is 7.66. The maximum Gasteiger partial charge on any atom is 0.0918 e. The van der Waals surface area contributed by atoms with Crippen LogP contribution in [0.2, 0.25) is 0 Å². The van der Waals surface area contributed by atoms with Gasteiger partial charge in [-0.1, -0.05) is 46.5 Å². The van der Waals surface area contributed by atoms with E-state index in [1.54, 1.807) is 0 Å². The van der Waals surface area contributed by atoms with E-state index in [1.165, 1.54) is 48.9 Å². The van der Waals surface area contributed by atoms with Crippen LogP contribution in [0.15, 0.2) is 22.7 Å². The molecule has 1 aliphatic heterocycles. The van der Waals surface area contributed by atoms with Crippen molar-refractivity contribution in [2.75, 3.05) is 0 Å². The molecule has 0 amide bonds. The van der Waals surface area contributed by atoms with Gasteiger partial charge < -0.3 is 5.32 Å². The van der Waals surface area contributed by atoms with E-state index in [0.29, 0.717) is 12.1 Å². The second kappa shape index (κ2) is 6.36. The Balaban J connectivity index is 1.72. The van der Waals surface area contributed by atoms with E-state index >= 15 is 0 Å². The van der Waals surface area contributed by atoms with Gasteiger partial charge in [0.25, 0.3) is 0 Å². The highest BCUT2D eigenvalue weighted by atomic mass is 79.9. The summed E-state index contributed by atoms with van der Waals surface area (Å²) in [5.74, 6) is 0. The molecule has 1 N–H and O–H groups in total. The van der Waals surface area contributed by atoms with Crippen molar-refractivity contribution < 1.29 is 0 Å². The Bertz CT molecular complexity index is 703. The van der Waals surface area contributed by atoms with Crippen LogP contribution in [0.3, 0.4) is 0 Å². The number of aryl methyl sites for hydroxylation is 2. The van der Waals surface area contributed by atoms with Crippen LogP contribution in [0.5, 0.6) is 0 Å². The molecule has 122 valence electrons. The van der Waals surface area contributed by atoms with Gasteiger partial charge in [0.1, 0.15) is 0 Å². The van der Waals surface area contributed by atoms with Crippen molar-refractivity contribution in [3.63, 3.8) is 0 Å². The van der Waals surface area contributed by atoms with E-state index < -0.39 is 0 Å². The molecule has 1 unspecified atom stereocenters. The van der Waals surface area contributed by atoms with Gasteiger partial charge in [-0.2, -0.15) is 0 Å². The molecule has 2 heterocycles. The average Bonchev–Trinajstić information content (AvgIpc) is 2.85. The molecule has 0 saturated heterocycles. The minimum atomic E-state index is 0.395. The van der Waals surface area contributed by atoms with E-state index in [4.69, 9.17) is 0 Å². The Labute approximate surface area is 145 Å². The van der Waals surface area contributed by atoms with Crippen molar-refractivity contribution in [1.29, 1.82) is 0 Å². The van der Waals surface area contributed by atoms with Gasteiger partial charge >= 0.3 is 0 Å². The number of hydrogen-bond acceptors (Lipinski definition) is 3. The van der Waals surface area contributed by atoms with Gasteiger partial charge in [0.2, 0.25) is 0 Å². The molecule has 0 bridgehead atoms. The van der Waals surface area contributed by atoms with Crippen molar-refractivity contribution in [1.82, 2.24) is 20.3 Å². The summed E-state index contributed by atoms with van der Waals surface area (Å²) in [5, 5.41) is 12.6. The second-order valence-electron chi connectivity index (χ2n) is 6.82. The van der Waals surface area contributed by atoms with Gasteiger partial charge in [-0.15, -0.1) is 5.10 Å². The smallest absolute Gasteiger partial charge is 0.0918 e. The second-order valence-corrected chi connectivity index (χ2v) is 7.74. The highest BCUT2D eigenvalue weighted by Crippen LogP contribution is 2.37. The summed E-state index contributed by atoms with van der Waals surface area (Å²) >= 11 is 3.65. The van der Waals surface area contributed by atoms with Crippen LogP contribution in [0.4, 0.5) is 0 Å². The molecule has 1 fully saturated rings. The highest BCUT2D eigenvalue weighted by Gasteiger charge is 2.27. The van der Waals surface area contributed by atoms with Crippen LogP contribution < -0.4 is 5.32 Å². The Morgan fingerprint density at radius 3 is 2.83 bits per heavy atom. The van der Waals surface area contributed by atoms with Gasteiger partial charge in [-0.05, 0) is 43.9 Å². The number of halogens is 1. The molecule has 23 heavy (non-hydrogen) atoms. The molecule has 1 aliphatic carbocycles. The molecule has 2 aromatic rings. The Kier molecular flexibility index (Phi) is 4.24. The van der Waals surface area contributed by atoms with E-state index in [0.717, 1.165) is 23.1 Å². The predicted octanol–water partition coefficient (Wildman–Crippen LogP) is 4.38. The zero-order valence-electron chi connectivity index (χ0n) is 13.6. The van der Waals surface area contributed by atoms with Gasteiger partial charge in [0.05, 0.1) is 11.4 Å². The quantitative estimate of drug-likeness (QED) is 0.847. The molecule has 1 saturated carbocycles. The van der Waals surface area contributed by atoms with Crippen LogP contribution in [-0.4, -0.2) is 21.0 Å². The van der Waals surface area contributed by atoms with Gasteiger partial charge in [-0.25, -0.2) is 4.68 Å². The number of nitrogens with zero attached hydrogens (tertiary/aromatic N) is 3. The lowest BCUT2D eigenvalue weighted by atomic mass is 9.92. The molecular formula is C18H23BrN4. The minimum absolute atomic E-state index is 0.395. The summed E-state index contributed by atoms with van der Waals surface area (Å²) in [5.41, 5.74) is 4.86. The Hall–Kier alpha value is -1.20. The van der Waals surface area contributed by atoms with E-state index in [2.05, 4.69) is 61.4 Å². The predicted molar refractivity (Wildman–Crippen MR) is 95.3 cm³/mol. The van der Waals surface area contributed by atoms with Crippen LogP contribution in [0.1, 0.15) is 55.8 Å². The SMILES string of the molecule is Cc1nnn2c1-c1ccc(Br)cc1C(NC1CCCCC1)CC2. The minimum Gasteiger partial charge on any atom is -0.307 e. The summed E-state index contributed by atoms with van der Waals surface area (Å²) in [6.07, 6.45) is 7.80. The maximum absolute atomic E-state index is 4.35. The number of aromatic nitrogens is 3. The monoisotopic (exact) mass is 374 g/mol. The third-order valence-corrected chi connectivity index (χ3v) is 5.71. The number of hydrogen-bond donors (Lipinski definition) is 1. The first-order valence-electron chi connectivity index (χ1n) is 8.68. The average molecular weight is 375 g/mol. The topological polar surface area (TPSA) is 42.7 Å². The van der Waals surface area contributed by atoms with E-state index in [1.807, 2.05) is 0 Å². The highest BCUT2D eigenvalue weighted by molar-refractivity contribution is 9.10. The third kappa shape index (κ3) is 2.96.